The van der Waals surface area contributed by atoms with Gasteiger partial charge in [0.25, 0.3) is 0 Å². The molecule has 26 heavy (non-hydrogen) atoms. The number of carboxylic acid groups (broad SMARTS) is 1. The predicted octanol–water partition coefficient (Wildman–Crippen LogP) is 3.09. The first-order valence-corrected chi connectivity index (χ1v) is 9.85. The number of hydrogen-bond donors (Lipinski definition) is 1. The average Bonchev–Trinajstić information content (AvgIpc) is 3.07. The topological polar surface area (TPSA) is 37.3 Å². The van der Waals surface area contributed by atoms with Crippen molar-refractivity contribution in [1.29, 1.82) is 0 Å². The van der Waals surface area contributed by atoms with Crippen LogP contribution >= 0.6 is 0 Å². The van der Waals surface area contributed by atoms with Crippen LogP contribution in [0.2, 0.25) is 5.82 Å². The molecule has 1 saturated carbocycles. The van der Waals surface area contributed by atoms with E-state index in [9.17, 15) is 9.90 Å². The molecule has 0 unspecified atom stereocenters. The normalized spacial score (nSPS) is 16.8. The van der Waals surface area contributed by atoms with E-state index in [4.69, 9.17) is 0 Å². The van der Waals surface area contributed by atoms with Gasteiger partial charge in [-0.15, -0.1) is 0 Å². The maximum absolute atomic E-state index is 11.4. The molecule has 1 aliphatic heterocycles. The van der Waals surface area contributed by atoms with Crippen LogP contribution in [0.15, 0.2) is 42.5 Å². The van der Waals surface area contributed by atoms with Crippen molar-refractivity contribution in [2.75, 3.05) is 0 Å². The number of fused-ring (bicyclic) bond motifs is 1. The van der Waals surface area contributed by atoms with E-state index in [1.165, 1.54) is 54.1 Å². The van der Waals surface area contributed by atoms with Crippen molar-refractivity contribution < 1.29 is 9.90 Å². The van der Waals surface area contributed by atoms with Crippen LogP contribution in [-0.4, -0.2) is 30.1 Å². The van der Waals surface area contributed by atoms with Gasteiger partial charge >= 0.3 is 156 Å². The molecule has 4 heteroatoms. The second kappa shape index (κ2) is 7.26. The Labute approximate surface area is 156 Å². The van der Waals surface area contributed by atoms with E-state index in [0.717, 1.165) is 11.9 Å². The Bertz CT molecular complexity index is 849. The minimum atomic E-state index is -0.851. The van der Waals surface area contributed by atoms with Crippen molar-refractivity contribution in [2.24, 2.45) is 0 Å². The molecule has 0 amide bonds. The van der Waals surface area contributed by atoms with E-state index in [0.29, 0.717) is 18.1 Å². The first-order valence-electron chi connectivity index (χ1n) is 9.85. The summed E-state index contributed by atoms with van der Waals surface area (Å²) in [5.74, 6) is -0.186. The summed E-state index contributed by atoms with van der Waals surface area (Å²) in [4.78, 5) is 11.4. The minimum absolute atomic E-state index is 0.380. The van der Waals surface area contributed by atoms with Crippen LogP contribution in [0.5, 0.6) is 0 Å². The van der Waals surface area contributed by atoms with Gasteiger partial charge in [-0.2, -0.15) is 0 Å². The number of aryl methyl sites for hydroxylation is 1. The Morgan fingerprint density at radius 2 is 1.85 bits per heavy atom. The summed E-state index contributed by atoms with van der Waals surface area (Å²) in [5, 5.41) is 10.7. The molecule has 0 radical (unpaired) electrons. The molecule has 2 nitrogen and oxygen atoms in total. The number of carbonyl (C=O) groups is 1. The van der Waals surface area contributed by atoms with E-state index in [2.05, 4.69) is 44.2 Å². The Morgan fingerprint density at radius 1 is 1.12 bits per heavy atom. The zero-order valence-corrected chi connectivity index (χ0v) is 15.4. The maximum atomic E-state index is 11.4. The molecule has 0 aromatic heterocycles. The van der Waals surface area contributed by atoms with Crippen LogP contribution in [0.3, 0.4) is 0 Å². The van der Waals surface area contributed by atoms with E-state index in [1.54, 1.807) is 6.07 Å². The Kier molecular flexibility index (Phi) is 4.84. The molecule has 2 aromatic rings. The molecule has 1 N–H and O–H groups in total. The Balaban J connectivity index is 1.77. The molecular weight excluding hydrogens is 318 g/mol. The Hall–Kier alpha value is -2.09. The van der Waals surface area contributed by atoms with Gasteiger partial charge in [0, 0.05) is 0 Å². The first-order chi connectivity index (χ1) is 12.7. The molecule has 2 aliphatic rings. The summed E-state index contributed by atoms with van der Waals surface area (Å²) in [6.45, 7) is 4.82. The summed E-state index contributed by atoms with van der Waals surface area (Å²) < 4.78 is 0. The molecule has 2 aromatic carbocycles. The molecule has 4 rings (SSSR count). The van der Waals surface area contributed by atoms with Crippen molar-refractivity contribution in [3.63, 3.8) is 0 Å². The third-order valence-corrected chi connectivity index (χ3v) is 6.13. The summed E-state index contributed by atoms with van der Waals surface area (Å²) >= 11 is 0. The molecule has 1 aliphatic carbocycles. The van der Waals surface area contributed by atoms with Gasteiger partial charge in [-0.25, -0.2) is 0 Å². The molecule has 0 spiro atoms. The number of carboxylic acids is 1. The van der Waals surface area contributed by atoms with E-state index >= 15 is 0 Å². The van der Waals surface area contributed by atoms with Crippen molar-refractivity contribution in [3.05, 3.63) is 59.2 Å². The van der Waals surface area contributed by atoms with Crippen molar-refractivity contribution in [2.45, 2.75) is 51.3 Å². The van der Waals surface area contributed by atoms with Crippen molar-refractivity contribution in [3.8, 4) is 0 Å². The third-order valence-electron chi connectivity index (χ3n) is 6.13. The van der Waals surface area contributed by atoms with Crippen LogP contribution in [0, 0.1) is 0 Å². The van der Waals surface area contributed by atoms with Crippen LogP contribution in [0.1, 0.15) is 60.5 Å². The average molecular weight is 342 g/mol. The van der Waals surface area contributed by atoms with Gasteiger partial charge in [0.1, 0.15) is 0 Å². The number of hydrogen-bond acceptors (Lipinski definition) is 1. The number of rotatable bonds is 4. The van der Waals surface area contributed by atoms with Crippen LogP contribution in [0.4, 0.5) is 0 Å². The van der Waals surface area contributed by atoms with E-state index in [-0.39, 0.29) is 0 Å². The van der Waals surface area contributed by atoms with Gasteiger partial charge in [-0.3, -0.25) is 0 Å². The molecule has 0 saturated heterocycles. The summed E-state index contributed by atoms with van der Waals surface area (Å²) in [7, 11) is 0. The van der Waals surface area contributed by atoms with Gasteiger partial charge < -0.3 is 0 Å². The molecule has 130 valence electrons. The van der Waals surface area contributed by atoms with Crippen LogP contribution in [-0.2, 0) is 6.42 Å². The molecule has 0 atom stereocenters. The number of aromatic carboxylic acids is 1. The molecule has 1 heterocycles. The van der Waals surface area contributed by atoms with Crippen LogP contribution < -0.4 is 10.9 Å². The standard InChI is InChI=1S/C22H24B2O2/c1-2-15-8-10-16(11-9-15)21-23-19-14-17(22(25)26)12-13-20(19)24(21)18-6-4-3-5-7-18/h8-14,18H,2-7H2,1H3,(H,25,26). The Morgan fingerprint density at radius 3 is 2.50 bits per heavy atom. The summed E-state index contributed by atoms with van der Waals surface area (Å²) in [6, 6.07) is 14.6. The molecule has 0 bridgehead atoms. The third kappa shape index (κ3) is 3.18. The molecule has 1 fully saturated rings. The fraction of sp³-hybridized carbons (Fsp3) is 0.364. The first kappa shape index (κ1) is 17.3. The number of benzene rings is 2. The van der Waals surface area contributed by atoms with Crippen LogP contribution in [0.25, 0.3) is 0 Å². The zero-order chi connectivity index (χ0) is 18.1. The second-order valence-corrected chi connectivity index (χ2v) is 7.67. The van der Waals surface area contributed by atoms with Crippen molar-refractivity contribution >= 4 is 35.9 Å². The fourth-order valence-electron chi connectivity index (χ4n) is 4.71. The zero-order valence-electron chi connectivity index (χ0n) is 15.4. The summed E-state index contributed by atoms with van der Waals surface area (Å²) in [6.07, 6.45) is 7.56. The monoisotopic (exact) mass is 342 g/mol. The molecular formula is C22H24B2O2. The SMILES string of the molecule is CCc1ccc(C2=Bc3cc(C(=O)O)ccc3B2C2CCCCC2)cc1. The second-order valence-electron chi connectivity index (χ2n) is 7.67. The van der Waals surface area contributed by atoms with Crippen molar-refractivity contribution in [1.82, 2.24) is 0 Å². The van der Waals surface area contributed by atoms with Gasteiger partial charge in [-0.05, 0) is 0 Å². The fourth-order valence-corrected chi connectivity index (χ4v) is 4.71. The van der Waals surface area contributed by atoms with Gasteiger partial charge in [0.05, 0.1) is 0 Å². The van der Waals surface area contributed by atoms with E-state index in [1.807, 2.05) is 6.07 Å². The summed E-state index contributed by atoms with van der Waals surface area (Å²) in [5.41, 5.74) is 5.43. The van der Waals surface area contributed by atoms with Gasteiger partial charge in [0.2, 0.25) is 0 Å². The van der Waals surface area contributed by atoms with E-state index < -0.39 is 5.97 Å². The van der Waals surface area contributed by atoms with Gasteiger partial charge in [0.15, 0.2) is 0 Å². The van der Waals surface area contributed by atoms with Gasteiger partial charge in [-0.1, -0.05) is 0 Å². The predicted molar refractivity (Wildman–Crippen MR) is 111 cm³/mol. The quantitative estimate of drug-likeness (QED) is 0.868.